The Kier molecular flexibility index (Phi) is 6.33. The summed E-state index contributed by atoms with van der Waals surface area (Å²) in [5, 5.41) is 8.77. The molecule has 0 spiro atoms. The van der Waals surface area contributed by atoms with Gasteiger partial charge in [-0.05, 0) is 17.9 Å². The minimum absolute atomic E-state index is 0.0456. The first-order chi connectivity index (χ1) is 12.7. The Hall–Kier alpha value is -2.73. The molecule has 0 saturated heterocycles. The Morgan fingerprint density at radius 2 is 1.92 bits per heavy atom. The molecule has 26 heavy (non-hydrogen) atoms. The maximum absolute atomic E-state index is 11.9. The van der Waals surface area contributed by atoms with Gasteiger partial charge in [-0.15, -0.1) is 11.3 Å². The van der Waals surface area contributed by atoms with E-state index < -0.39 is 0 Å². The monoisotopic (exact) mass is 368 g/mol. The first kappa shape index (κ1) is 18.1. The van der Waals surface area contributed by atoms with Crippen molar-refractivity contribution in [1.29, 1.82) is 0 Å². The quantitative estimate of drug-likeness (QED) is 0.577. The van der Waals surface area contributed by atoms with Gasteiger partial charge in [-0.1, -0.05) is 41.6 Å². The van der Waals surface area contributed by atoms with Gasteiger partial charge in [0.05, 0.1) is 10.6 Å². The number of amides is 1. The topological polar surface area (TPSA) is 72.2 Å². The molecule has 0 aliphatic rings. The van der Waals surface area contributed by atoms with Crippen molar-refractivity contribution >= 4 is 23.0 Å². The molecule has 0 atom stereocenters. The van der Waals surface area contributed by atoms with Crippen molar-refractivity contribution in [3.63, 3.8) is 0 Å². The van der Waals surface area contributed by atoms with Crippen LogP contribution in [0.2, 0.25) is 0 Å². The fraction of sp³-hybridized carbons (Fsp3) is 0.250. The highest BCUT2D eigenvalue weighted by atomic mass is 32.1. The largest absolute Gasteiger partial charge is 0.356 e. The number of thiophene rings is 1. The van der Waals surface area contributed by atoms with Crippen LogP contribution in [0, 0.1) is 0 Å². The maximum Gasteiger partial charge on any atom is 0.220 e. The van der Waals surface area contributed by atoms with Crippen LogP contribution in [0.25, 0.3) is 11.3 Å². The summed E-state index contributed by atoms with van der Waals surface area (Å²) in [6, 6.07) is 15.3. The zero-order chi connectivity index (χ0) is 18.2. The third-order valence-corrected chi connectivity index (χ3v) is 4.84. The fourth-order valence-electron chi connectivity index (χ4n) is 2.56. The number of benzene rings is 1. The van der Waals surface area contributed by atoms with Crippen LogP contribution >= 0.6 is 11.3 Å². The minimum atomic E-state index is -0.0456. The zero-order valence-electron chi connectivity index (χ0n) is 14.3. The van der Waals surface area contributed by atoms with E-state index in [1.54, 1.807) is 0 Å². The van der Waals surface area contributed by atoms with Crippen LogP contribution < -0.4 is 5.32 Å². The van der Waals surface area contributed by atoms with Gasteiger partial charge in [0.2, 0.25) is 5.91 Å². The summed E-state index contributed by atoms with van der Waals surface area (Å²) < 4.78 is 5.34. The molecule has 0 radical (unpaired) electrons. The second-order valence-corrected chi connectivity index (χ2v) is 6.85. The number of ketones is 1. The van der Waals surface area contributed by atoms with Crippen molar-refractivity contribution in [2.75, 3.05) is 6.54 Å². The molecule has 0 saturated carbocycles. The first-order valence-corrected chi connectivity index (χ1v) is 9.45. The normalized spacial score (nSPS) is 10.6. The third-order valence-electron chi connectivity index (χ3n) is 3.92. The lowest BCUT2D eigenvalue weighted by Crippen LogP contribution is -2.25. The van der Waals surface area contributed by atoms with Crippen LogP contribution in [0.1, 0.15) is 34.6 Å². The summed E-state index contributed by atoms with van der Waals surface area (Å²) in [7, 11) is 0. The fourth-order valence-corrected chi connectivity index (χ4v) is 3.25. The SMILES string of the molecule is O=C(CCCC(=O)c1cccs1)NCCc1cc(-c2ccccc2)on1. The van der Waals surface area contributed by atoms with Crippen molar-refractivity contribution in [2.24, 2.45) is 0 Å². The van der Waals surface area contributed by atoms with Crippen LogP contribution in [0.15, 0.2) is 58.4 Å². The Morgan fingerprint density at radius 3 is 2.69 bits per heavy atom. The van der Waals surface area contributed by atoms with Crippen molar-refractivity contribution in [3.8, 4) is 11.3 Å². The van der Waals surface area contributed by atoms with Gasteiger partial charge in [-0.2, -0.15) is 0 Å². The van der Waals surface area contributed by atoms with E-state index in [0.29, 0.717) is 32.2 Å². The van der Waals surface area contributed by atoms with Crippen molar-refractivity contribution in [1.82, 2.24) is 10.5 Å². The smallest absolute Gasteiger partial charge is 0.220 e. The van der Waals surface area contributed by atoms with Gasteiger partial charge in [0, 0.05) is 37.4 Å². The van der Waals surface area contributed by atoms with Crippen molar-refractivity contribution in [3.05, 3.63) is 64.5 Å². The molecule has 0 fully saturated rings. The van der Waals surface area contributed by atoms with E-state index >= 15 is 0 Å². The first-order valence-electron chi connectivity index (χ1n) is 8.57. The highest BCUT2D eigenvalue weighted by Gasteiger charge is 2.09. The zero-order valence-corrected chi connectivity index (χ0v) is 15.1. The molecule has 1 aromatic carbocycles. The molecular weight excluding hydrogens is 348 g/mol. The second kappa shape index (κ2) is 9.10. The molecule has 3 aromatic rings. The van der Waals surface area contributed by atoms with Gasteiger partial charge < -0.3 is 9.84 Å². The molecule has 0 aliphatic carbocycles. The highest BCUT2D eigenvalue weighted by Crippen LogP contribution is 2.19. The maximum atomic E-state index is 11.9. The van der Waals surface area contributed by atoms with E-state index in [0.717, 1.165) is 21.9 Å². The molecule has 0 unspecified atom stereocenters. The van der Waals surface area contributed by atoms with Crippen LogP contribution in [-0.4, -0.2) is 23.4 Å². The van der Waals surface area contributed by atoms with Gasteiger partial charge in [-0.3, -0.25) is 9.59 Å². The lowest BCUT2D eigenvalue weighted by molar-refractivity contribution is -0.121. The Morgan fingerprint density at radius 1 is 1.08 bits per heavy atom. The van der Waals surface area contributed by atoms with E-state index in [-0.39, 0.29) is 11.7 Å². The summed E-state index contributed by atoms with van der Waals surface area (Å²) >= 11 is 1.44. The lowest BCUT2D eigenvalue weighted by Gasteiger charge is -2.03. The molecule has 0 bridgehead atoms. The molecule has 134 valence electrons. The third kappa shape index (κ3) is 5.13. The van der Waals surface area contributed by atoms with Gasteiger partial charge in [-0.25, -0.2) is 0 Å². The van der Waals surface area contributed by atoms with Crippen LogP contribution in [-0.2, 0) is 11.2 Å². The molecule has 2 heterocycles. The average Bonchev–Trinajstić information content (AvgIpc) is 3.34. The molecule has 3 rings (SSSR count). The summed E-state index contributed by atoms with van der Waals surface area (Å²) in [4.78, 5) is 24.5. The van der Waals surface area contributed by atoms with E-state index in [1.807, 2.05) is 53.9 Å². The number of hydrogen-bond donors (Lipinski definition) is 1. The summed E-state index contributed by atoms with van der Waals surface area (Å²) in [6.45, 7) is 0.498. The number of nitrogens with zero attached hydrogens (tertiary/aromatic N) is 1. The van der Waals surface area contributed by atoms with Crippen LogP contribution in [0.5, 0.6) is 0 Å². The number of nitrogens with one attached hydrogen (secondary N) is 1. The second-order valence-electron chi connectivity index (χ2n) is 5.90. The Bertz CT molecular complexity index is 841. The number of carbonyl (C=O) groups excluding carboxylic acids is 2. The molecule has 0 aliphatic heterocycles. The standard InChI is InChI=1S/C20H20N2O3S/c23-17(19-9-5-13-26-19)8-4-10-20(24)21-12-11-16-14-18(25-22-16)15-6-2-1-3-7-15/h1-3,5-7,9,13-14H,4,8,10-12H2,(H,21,24). The van der Waals surface area contributed by atoms with E-state index in [4.69, 9.17) is 4.52 Å². The van der Waals surface area contributed by atoms with Crippen molar-refractivity contribution < 1.29 is 14.1 Å². The number of aromatic nitrogens is 1. The number of Topliss-reactive ketones (excluding diaryl/α,β-unsaturated/α-hetero) is 1. The molecule has 5 nitrogen and oxygen atoms in total. The van der Waals surface area contributed by atoms with E-state index in [2.05, 4.69) is 10.5 Å². The Balaban J connectivity index is 1.35. The molecular formula is C20H20N2O3S. The predicted octanol–water partition coefficient (Wildman–Crippen LogP) is 4.12. The number of hydrogen-bond acceptors (Lipinski definition) is 5. The molecule has 1 amide bonds. The van der Waals surface area contributed by atoms with Gasteiger partial charge in [0.15, 0.2) is 11.5 Å². The summed E-state index contributed by atoms with van der Waals surface area (Å²) in [5.41, 5.74) is 1.78. The van der Waals surface area contributed by atoms with Crippen LogP contribution in [0.4, 0.5) is 0 Å². The predicted molar refractivity (Wildman–Crippen MR) is 101 cm³/mol. The molecule has 1 N–H and O–H groups in total. The van der Waals surface area contributed by atoms with E-state index in [9.17, 15) is 9.59 Å². The number of carbonyl (C=O) groups is 2. The minimum Gasteiger partial charge on any atom is -0.356 e. The summed E-state index contributed by atoms with van der Waals surface area (Å²) in [6.07, 6.45) is 1.92. The average molecular weight is 368 g/mol. The van der Waals surface area contributed by atoms with Gasteiger partial charge >= 0.3 is 0 Å². The van der Waals surface area contributed by atoms with Gasteiger partial charge in [0.1, 0.15) is 0 Å². The lowest BCUT2D eigenvalue weighted by atomic mass is 10.1. The van der Waals surface area contributed by atoms with Crippen LogP contribution in [0.3, 0.4) is 0 Å². The van der Waals surface area contributed by atoms with E-state index in [1.165, 1.54) is 11.3 Å². The number of rotatable bonds is 9. The molecule has 2 aromatic heterocycles. The van der Waals surface area contributed by atoms with Crippen molar-refractivity contribution in [2.45, 2.75) is 25.7 Å². The van der Waals surface area contributed by atoms with Gasteiger partial charge in [0.25, 0.3) is 0 Å². The molecule has 6 heteroatoms. The summed E-state index contributed by atoms with van der Waals surface area (Å²) in [5.74, 6) is 0.776. The highest BCUT2D eigenvalue weighted by molar-refractivity contribution is 7.12. The Labute approximate surface area is 156 Å².